The third kappa shape index (κ3) is 0.498. The van der Waals surface area contributed by atoms with Gasteiger partial charge in [0, 0.05) is 12.3 Å². The first-order valence-electron chi connectivity index (χ1n) is 2.71. The molecule has 2 bridgehead atoms. The van der Waals surface area contributed by atoms with Gasteiger partial charge in [-0.15, -0.1) is 0 Å². The molecule has 0 aromatic heterocycles. The fourth-order valence-corrected chi connectivity index (χ4v) is 2.41. The summed E-state index contributed by atoms with van der Waals surface area (Å²) >= 11 is 0. The lowest BCUT2D eigenvalue weighted by molar-refractivity contribution is -0.663. The van der Waals surface area contributed by atoms with Crippen molar-refractivity contribution in [1.82, 2.24) is 0 Å². The molecule has 38 valence electrons. The van der Waals surface area contributed by atoms with Gasteiger partial charge in [0.15, 0.2) is 5.88 Å². The Bertz CT molecular complexity index is 94.7. The molecular weight excluding hydrogens is 108 g/mol. The van der Waals surface area contributed by atoms with E-state index < -0.39 is 0 Å². The van der Waals surface area contributed by atoms with Gasteiger partial charge >= 0.3 is 0 Å². The van der Waals surface area contributed by atoms with Gasteiger partial charge < -0.3 is 0 Å². The third-order valence-electron chi connectivity index (χ3n) is 1.61. The summed E-state index contributed by atoms with van der Waals surface area (Å²) in [5.74, 6) is 2.26. The molecule has 2 atom stereocenters. The van der Waals surface area contributed by atoms with Crippen LogP contribution in [0.2, 0.25) is 0 Å². The van der Waals surface area contributed by atoms with Gasteiger partial charge in [-0.1, -0.05) is 6.08 Å². The van der Waals surface area contributed by atoms with E-state index in [0.717, 1.165) is 11.3 Å². The molecule has 1 saturated heterocycles. The average Bonchev–Trinajstić information content (AvgIpc) is 2.22. The van der Waals surface area contributed by atoms with E-state index in [1.54, 1.807) is 0 Å². The maximum Gasteiger partial charge on any atom is 0.201 e. The minimum absolute atomic E-state index is 0.852. The van der Waals surface area contributed by atoms with Crippen LogP contribution >= 0.6 is 0 Å². The average molecular weight is 116 g/mol. The van der Waals surface area contributed by atoms with Crippen molar-refractivity contribution >= 4 is 0 Å². The Labute approximate surface area is 47.3 Å². The highest BCUT2D eigenvalue weighted by Crippen LogP contribution is 2.28. The predicted molar refractivity (Wildman–Crippen MR) is 25.9 cm³/mol. The molecule has 0 nitrogen and oxygen atoms in total. The molecule has 7 heavy (non-hydrogen) atoms. The largest absolute Gasteiger partial charge is 0.201 e. The van der Waals surface area contributed by atoms with Crippen molar-refractivity contribution in [2.45, 2.75) is 11.8 Å². The molecule has 2 unspecified atom stereocenters. The molecular formula is C6H8Cl+. The van der Waals surface area contributed by atoms with Crippen molar-refractivity contribution in [2.75, 3.05) is 5.88 Å². The van der Waals surface area contributed by atoms with Gasteiger partial charge in [0.1, 0.15) is 10.8 Å². The maximum absolute atomic E-state index is 2.53. The Morgan fingerprint density at radius 2 is 2.43 bits per heavy atom. The number of hydrogen-bond donors (Lipinski definition) is 0. The van der Waals surface area contributed by atoms with E-state index in [4.69, 9.17) is 0 Å². The number of fused-ring (bicyclic) bond motifs is 2. The number of halogens is 1. The van der Waals surface area contributed by atoms with Gasteiger partial charge in [0.25, 0.3) is 0 Å². The Morgan fingerprint density at radius 1 is 1.43 bits per heavy atom. The van der Waals surface area contributed by atoms with E-state index in [0.29, 0.717) is 0 Å². The summed E-state index contributed by atoms with van der Waals surface area (Å²) in [6.45, 7) is 0. The van der Waals surface area contributed by atoms with Crippen LogP contribution in [0.4, 0.5) is 0 Å². The molecule has 0 amide bonds. The summed E-state index contributed by atoms with van der Waals surface area (Å²) in [6, 6.07) is 0. The number of rotatable bonds is 0. The summed E-state index contributed by atoms with van der Waals surface area (Å²) in [7, 11) is 2.53. The standard InChI is InChI=1S/C6H8Cl/c1-2-6-3-5(1)4-7-6/h1-2,5-6H,3-4H2/q+1. The van der Waals surface area contributed by atoms with Crippen molar-refractivity contribution in [1.29, 1.82) is 0 Å². The van der Waals surface area contributed by atoms with Crippen molar-refractivity contribution in [3.8, 4) is 0 Å². The summed E-state index contributed by atoms with van der Waals surface area (Å²) in [6.07, 6.45) is 6.08. The number of allylic oxidation sites excluding steroid dienone is 2. The third-order valence-corrected chi connectivity index (χ3v) is 2.90. The summed E-state index contributed by atoms with van der Waals surface area (Å²) in [5, 5.41) is 0.852. The minimum atomic E-state index is 0.852. The highest BCUT2D eigenvalue weighted by molar-refractivity contribution is 5.04. The molecule has 0 saturated carbocycles. The smallest absolute Gasteiger partial charge is 0.0742 e. The van der Waals surface area contributed by atoms with Crippen LogP contribution in [0.15, 0.2) is 12.2 Å². The van der Waals surface area contributed by atoms with Crippen LogP contribution in [0.3, 0.4) is 0 Å². The lowest BCUT2D eigenvalue weighted by Crippen LogP contribution is -1.97. The van der Waals surface area contributed by atoms with Crippen LogP contribution in [0.1, 0.15) is 6.42 Å². The van der Waals surface area contributed by atoms with Crippen molar-refractivity contribution in [2.24, 2.45) is 5.92 Å². The Morgan fingerprint density at radius 3 is 2.57 bits per heavy atom. The first-order valence-corrected chi connectivity index (χ1v) is 3.68. The Kier molecular flexibility index (Phi) is 0.710. The molecule has 0 aromatic rings. The van der Waals surface area contributed by atoms with Crippen LogP contribution in [-0.2, 0) is 0 Å². The van der Waals surface area contributed by atoms with E-state index in [9.17, 15) is 0 Å². The monoisotopic (exact) mass is 115 g/mol. The highest BCUT2D eigenvalue weighted by atomic mass is 35.5. The van der Waals surface area contributed by atoms with E-state index >= 15 is 0 Å². The normalized spacial score (nSPS) is 45.7. The minimum Gasteiger partial charge on any atom is -0.0742 e. The quantitative estimate of drug-likeness (QED) is 0.327. The molecule has 0 radical (unpaired) electrons. The lowest BCUT2D eigenvalue weighted by atomic mass is 10.2. The summed E-state index contributed by atoms with van der Waals surface area (Å²) < 4.78 is 0. The zero-order chi connectivity index (χ0) is 4.69. The molecule has 1 aliphatic heterocycles. The van der Waals surface area contributed by atoms with Gasteiger partial charge in [-0.05, 0) is 6.08 Å². The van der Waals surface area contributed by atoms with Crippen LogP contribution < -0.4 is 0 Å². The second kappa shape index (κ2) is 1.25. The first kappa shape index (κ1) is 3.96. The van der Waals surface area contributed by atoms with E-state index in [-0.39, 0.29) is 0 Å². The second-order valence-corrected chi connectivity index (χ2v) is 3.38. The van der Waals surface area contributed by atoms with Crippen molar-refractivity contribution in [3.63, 3.8) is 0 Å². The van der Waals surface area contributed by atoms with Crippen molar-refractivity contribution in [3.05, 3.63) is 12.2 Å². The Hall–Kier alpha value is 0.0300. The van der Waals surface area contributed by atoms with E-state index in [1.807, 2.05) is 0 Å². The second-order valence-electron chi connectivity index (χ2n) is 2.21. The van der Waals surface area contributed by atoms with Gasteiger partial charge in [0.05, 0.1) is 0 Å². The molecule has 2 rings (SSSR count). The SMILES string of the molecule is C1=CC2CC1C[Cl+]2. The molecule has 0 spiro atoms. The van der Waals surface area contributed by atoms with E-state index in [2.05, 4.69) is 22.9 Å². The predicted octanol–water partition coefficient (Wildman–Crippen LogP) is 1.03. The van der Waals surface area contributed by atoms with Gasteiger partial charge in [-0.3, -0.25) is 0 Å². The topological polar surface area (TPSA) is 0 Å². The van der Waals surface area contributed by atoms with Gasteiger partial charge in [-0.2, -0.15) is 0 Å². The van der Waals surface area contributed by atoms with Crippen LogP contribution in [0.5, 0.6) is 0 Å². The van der Waals surface area contributed by atoms with Crippen molar-refractivity contribution < 1.29 is 10.8 Å². The molecule has 0 N–H and O–H groups in total. The molecule has 1 aliphatic carbocycles. The fraction of sp³-hybridized carbons (Fsp3) is 0.667. The van der Waals surface area contributed by atoms with Crippen LogP contribution in [-0.4, -0.2) is 11.3 Å². The molecule has 1 heterocycles. The molecule has 2 aliphatic rings. The lowest BCUT2D eigenvalue weighted by Gasteiger charge is -1.84. The molecule has 0 aromatic carbocycles. The highest BCUT2D eigenvalue weighted by Gasteiger charge is 2.38. The maximum atomic E-state index is 2.53. The summed E-state index contributed by atoms with van der Waals surface area (Å²) in [4.78, 5) is 0. The zero-order valence-electron chi connectivity index (χ0n) is 4.10. The van der Waals surface area contributed by atoms with Crippen LogP contribution in [0, 0.1) is 16.7 Å². The molecule has 1 heteroatoms. The zero-order valence-corrected chi connectivity index (χ0v) is 4.86. The molecule has 1 fully saturated rings. The summed E-state index contributed by atoms with van der Waals surface area (Å²) in [5.41, 5.74) is 0. The van der Waals surface area contributed by atoms with E-state index in [1.165, 1.54) is 12.3 Å². The Balaban J connectivity index is 2.27. The fourth-order valence-electron chi connectivity index (χ4n) is 1.18. The number of alkyl halides is 2. The van der Waals surface area contributed by atoms with Gasteiger partial charge in [-0.25, -0.2) is 0 Å². The van der Waals surface area contributed by atoms with Gasteiger partial charge in [0.2, 0.25) is 5.38 Å². The first-order chi connectivity index (χ1) is 3.45. The number of hydrogen-bond acceptors (Lipinski definition) is 0. The van der Waals surface area contributed by atoms with Crippen LogP contribution in [0.25, 0.3) is 0 Å².